The molecule has 98 valence electrons. The molecule has 0 spiro atoms. The molecule has 0 amide bonds. The average molecular weight is 347 g/mol. The molecule has 2 heterocycles. The molecule has 2 bridgehead atoms. The van der Waals surface area contributed by atoms with Crippen LogP contribution in [0.4, 0.5) is 0 Å². The minimum Gasteiger partial charge on any atom is -0.300 e. The van der Waals surface area contributed by atoms with Crippen LogP contribution in [0, 0.1) is 0 Å². The van der Waals surface area contributed by atoms with Crippen LogP contribution in [-0.4, -0.2) is 29.3 Å². The summed E-state index contributed by atoms with van der Waals surface area (Å²) in [5.41, 5.74) is 0. The van der Waals surface area contributed by atoms with Crippen molar-refractivity contribution in [3.05, 3.63) is 27.7 Å². The van der Waals surface area contributed by atoms with Crippen molar-refractivity contribution in [3.63, 3.8) is 0 Å². The van der Waals surface area contributed by atoms with Gasteiger partial charge in [0, 0.05) is 26.7 Å². The fourth-order valence-electron chi connectivity index (χ4n) is 3.21. The highest BCUT2D eigenvalue weighted by atomic mass is 79.9. The van der Waals surface area contributed by atoms with Gasteiger partial charge < -0.3 is 4.90 Å². The summed E-state index contributed by atoms with van der Waals surface area (Å²) in [6.45, 7) is 0. The van der Waals surface area contributed by atoms with Gasteiger partial charge in [0.2, 0.25) is 0 Å². The van der Waals surface area contributed by atoms with Crippen LogP contribution in [0.15, 0.2) is 27.6 Å². The summed E-state index contributed by atoms with van der Waals surface area (Å²) in [6.07, 6.45) is 5.38. The minimum atomic E-state index is 0.734. The molecule has 0 saturated carbocycles. The van der Waals surface area contributed by atoms with Crippen molar-refractivity contribution < 1.29 is 0 Å². The zero-order valence-electron chi connectivity index (χ0n) is 10.4. The Morgan fingerprint density at radius 3 is 2.56 bits per heavy atom. The lowest BCUT2D eigenvalue weighted by molar-refractivity contribution is 0.183. The van der Waals surface area contributed by atoms with Crippen molar-refractivity contribution in [1.82, 2.24) is 4.90 Å². The summed E-state index contributed by atoms with van der Waals surface area (Å²) >= 11 is 11.7. The lowest BCUT2D eigenvalue weighted by Gasteiger charge is -2.36. The molecule has 2 aliphatic heterocycles. The number of halogens is 2. The molecule has 3 atom stereocenters. The first-order valence-electron chi connectivity index (χ1n) is 6.47. The second-order valence-corrected chi connectivity index (χ2v) is 8.00. The van der Waals surface area contributed by atoms with Gasteiger partial charge in [0.1, 0.15) is 0 Å². The van der Waals surface area contributed by atoms with Gasteiger partial charge in [0.15, 0.2) is 0 Å². The number of hydrogen-bond acceptors (Lipinski definition) is 2. The van der Waals surface area contributed by atoms with Gasteiger partial charge in [0.05, 0.1) is 5.02 Å². The first-order chi connectivity index (χ1) is 8.63. The number of benzene rings is 1. The predicted octanol–water partition coefficient (Wildman–Crippen LogP) is 4.82. The predicted molar refractivity (Wildman–Crippen MR) is 82.6 cm³/mol. The summed E-state index contributed by atoms with van der Waals surface area (Å²) in [6, 6.07) is 7.81. The quantitative estimate of drug-likeness (QED) is 0.755. The molecule has 0 aromatic heterocycles. The van der Waals surface area contributed by atoms with E-state index in [0.717, 1.165) is 26.8 Å². The fraction of sp³-hybridized carbons (Fsp3) is 0.571. The van der Waals surface area contributed by atoms with Gasteiger partial charge >= 0.3 is 0 Å². The molecule has 18 heavy (non-hydrogen) atoms. The molecule has 1 aromatic rings. The highest BCUT2D eigenvalue weighted by molar-refractivity contribution is 9.10. The monoisotopic (exact) mass is 345 g/mol. The highest BCUT2D eigenvalue weighted by Crippen LogP contribution is 2.43. The lowest BCUT2D eigenvalue weighted by atomic mass is 10.0. The maximum absolute atomic E-state index is 6.30. The molecule has 0 radical (unpaired) electrons. The lowest BCUT2D eigenvalue weighted by Crippen LogP contribution is -2.40. The largest absolute Gasteiger partial charge is 0.300 e. The Morgan fingerprint density at radius 2 is 1.94 bits per heavy atom. The van der Waals surface area contributed by atoms with Crippen LogP contribution in [0.2, 0.25) is 5.02 Å². The van der Waals surface area contributed by atoms with Crippen LogP contribution in [-0.2, 0) is 0 Å². The number of piperidine rings is 1. The third kappa shape index (κ3) is 2.60. The Labute approximate surface area is 126 Å². The van der Waals surface area contributed by atoms with Crippen LogP contribution < -0.4 is 0 Å². The Bertz CT molecular complexity index is 439. The third-order valence-electron chi connectivity index (χ3n) is 4.24. The molecule has 4 heteroatoms. The van der Waals surface area contributed by atoms with Crippen LogP contribution in [0.1, 0.15) is 25.7 Å². The van der Waals surface area contributed by atoms with Crippen molar-refractivity contribution in [3.8, 4) is 0 Å². The molecule has 3 rings (SSSR count). The topological polar surface area (TPSA) is 3.24 Å². The Balaban J connectivity index is 1.70. The van der Waals surface area contributed by atoms with E-state index in [1.807, 2.05) is 17.8 Å². The van der Waals surface area contributed by atoms with E-state index in [1.54, 1.807) is 0 Å². The first-order valence-corrected chi connectivity index (χ1v) is 8.52. The van der Waals surface area contributed by atoms with Gasteiger partial charge in [-0.2, -0.15) is 0 Å². The molecule has 1 unspecified atom stereocenters. The zero-order valence-corrected chi connectivity index (χ0v) is 13.6. The van der Waals surface area contributed by atoms with Crippen molar-refractivity contribution in [2.24, 2.45) is 0 Å². The SMILES string of the molecule is CN1[C@@H]2CC[C@H]1CC(Sc1ccc(Br)cc1Cl)C2. The first kappa shape index (κ1) is 13.3. The number of fused-ring (bicyclic) bond motifs is 2. The number of rotatable bonds is 2. The van der Waals surface area contributed by atoms with E-state index < -0.39 is 0 Å². The van der Waals surface area contributed by atoms with Crippen molar-refractivity contribution in [2.75, 3.05) is 7.05 Å². The fourth-order valence-corrected chi connectivity index (χ4v) is 5.33. The van der Waals surface area contributed by atoms with Crippen molar-refractivity contribution >= 4 is 39.3 Å². The third-order valence-corrected chi connectivity index (χ3v) is 6.49. The molecule has 0 N–H and O–H groups in total. The molecule has 2 saturated heterocycles. The second-order valence-electron chi connectivity index (χ2n) is 5.34. The number of nitrogens with zero attached hydrogens (tertiary/aromatic N) is 1. The van der Waals surface area contributed by atoms with E-state index in [4.69, 9.17) is 11.6 Å². The van der Waals surface area contributed by atoms with E-state index in [2.05, 4.69) is 40.0 Å². The van der Waals surface area contributed by atoms with Gasteiger partial charge in [-0.15, -0.1) is 11.8 Å². The Morgan fingerprint density at radius 1 is 1.28 bits per heavy atom. The summed E-state index contributed by atoms with van der Waals surface area (Å²) in [7, 11) is 2.29. The zero-order chi connectivity index (χ0) is 12.7. The Hall–Kier alpha value is 0.300. The van der Waals surface area contributed by atoms with E-state index in [9.17, 15) is 0 Å². The summed E-state index contributed by atoms with van der Waals surface area (Å²) in [4.78, 5) is 3.81. The van der Waals surface area contributed by atoms with Gasteiger partial charge in [-0.3, -0.25) is 0 Å². The molecule has 2 aliphatic rings. The van der Waals surface area contributed by atoms with Crippen LogP contribution in [0.5, 0.6) is 0 Å². The minimum absolute atomic E-state index is 0.734. The van der Waals surface area contributed by atoms with Gasteiger partial charge in [0.25, 0.3) is 0 Å². The maximum atomic E-state index is 6.30. The van der Waals surface area contributed by atoms with Crippen LogP contribution in [0.3, 0.4) is 0 Å². The molecular weight excluding hydrogens is 330 g/mol. The van der Waals surface area contributed by atoms with Gasteiger partial charge in [-0.25, -0.2) is 0 Å². The Kier molecular flexibility index (Phi) is 3.95. The summed E-state index contributed by atoms with van der Waals surface area (Å²) < 4.78 is 1.06. The van der Waals surface area contributed by atoms with Crippen molar-refractivity contribution in [1.29, 1.82) is 0 Å². The highest BCUT2D eigenvalue weighted by Gasteiger charge is 2.38. The molecule has 1 nitrogen and oxygen atoms in total. The smallest absolute Gasteiger partial charge is 0.0553 e. The average Bonchev–Trinajstić information content (AvgIpc) is 2.57. The summed E-state index contributed by atoms with van der Waals surface area (Å²) in [5.74, 6) is 0. The number of hydrogen-bond donors (Lipinski definition) is 0. The standard InChI is InChI=1S/C14H17BrClNS/c1-17-10-3-4-11(17)8-12(7-10)18-14-5-2-9(15)6-13(14)16/h2,5-6,10-12H,3-4,7-8H2,1H3/t10-,11+,12?. The molecule has 1 aromatic carbocycles. The van der Waals surface area contributed by atoms with Crippen LogP contribution in [0.25, 0.3) is 0 Å². The molecule has 2 fully saturated rings. The normalized spacial score (nSPS) is 31.8. The van der Waals surface area contributed by atoms with E-state index in [1.165, 1.54) is 30.6 Å². The van der Waals surface area contributed by atoms with Gasteiger partial charge in [-0.05, 0) is 50.9 Å². The van der Waals surface area contributed by atoms with E-state index in [0.29, 0.717) is 0 Å². The molecule has 0 aliphatic carbocycles. The van der Waals surface area contributed by atoms with E-state index in [-0.39, 0.29) is 0 Å². The molecular formula is C14H17BrClNS. The maximum Gasteiger partial charge on any atom is 0.0553 e. The van der Waals surface area contributed by atoms with Gasteiger partial charge in [-0.1, -0.05) is 27.5 Å². The van der Waals surface area contributed by atoms with Crippen LogP contribution >= 0.6 is 39.3 Å². The van der Waals surface area contributed by atoms with Crippen molar-refractivity contribution in [2.45, 2.75) is 47.9 Å². The number of thioether (sulfide) groups is 1. The second kappa shape index (κ2) is 5.35. The summed E-state index contributed by atoms with van der Waals surface area (Å²) in [5, 5.41) is 1.61. The van der Waals surface area contributed by atoms with E-state index >= 15 is 0 Å².